The largest absolute Gasteiger partial charge is 0.342 e. The minimum absolute atomic E-state index is 0.00793. The van der Waals surface area contributed by atoms with Gasteiger partial charge in [0.15, 0.2) is 0 Å². The molecule has 0 aromatic heterocycles. The van der Waals surface area contributed by atoms with E-state index in [1.165, 1.54) is 6.42 Å². The van der Waals surface area contributed by atoms with Gasteiger partial charge in [-0.25, -0.2) is 0 Å². The number of nitrogens with zero attached hydrogens (tertiary/aromatic N) is 3. The van der Waals surface area contributed by atoms with E-state index in [2.05, 4.69) is 15.1 Å². The van der Waals surface area contributed by atoms with Crippen LogP contribution in [0.25, 0.3) is 0 Å². The van der Waals surface area contributed by atoms with Crippen molar-refractivity contribution in [3.05, 3.63) is 34.9 Å². The number of hydrogen-bond donors (Lipinski definition) is 2. The molecule has 2 aliphatic heterocycles. The number of nitrogens with one attached hydrogen (secondary N) is 1. The van der Waals surface area contributed by atoms with E-state index in [0.717, 1.165) is 50.8 Å². The van der Waals surface area contributed by atoms with Crippen LogP contribution in [0.5, 0.6) is 0 Å². The summed E-state index contributed by atoms with van der Waals surface area (Å²) in [5.74, 6) is -0.279. The lowest BCUT2D eigenvalue weighted by Gasteiger charge is -2.40. The SMILES string of the molecule is CC(C)C(=O)N(C1CCCCC1)C1CCN(C(=O)C(Cc2ccc(Cl)cc2)NC(=O)C2(N)CCN(C)CC2)C1. The standard InChI is InChI=1S/C30H46ClN5O3/c1-21(2)27(37)36(24-7-5-4-6-8-24)25-13-16-35(20-25)28(38)26(19-22-9-11-23(31)12-10-22)33-29(39)30(32)14-17-34(3)18-15-30/h9-12,21,24-26H,4-8,13-20,32H2,1-3H3,(H,33,39). The maximum absolute atomic E-state index is 14.0. The fourth-order valence-electron chi connectivity index (χ4n) is 6.31. The molecule has 1 aromatic carbocycles. The van der Waals surface area contributed by atoms with Gasteiger partial charge in [0.05, 0.1) is 11.6 Å². The summed E-state index contributed by atoms with van der Waals surface area (Å²) in [6, 6.07) is 6.90. The zero-order valence-corrected chi connectivity index (χ0v) is 24.6. The highest BCUT2D eigenvalue weighted by Crippen LogP contribution is 2.29. The van der Waals surface area contributed by atoms with Crippen LogP contribution in [0.15, 0.2) is 24.3 Å². The lowest BCUT2D eigenvalue weighted by molar-refractivity contribution is -0.141. The summed E-state index contributed by atoms with van der Waals surface area (Å²) in [4.78, 5) is 46.9. The number of carbonyl (C=O) groups excluding carboxylic acids is 3. The van der Waals surface area contributed by atoms with E-state index in [9.17, 15) is 14.4 Å². The van der Waals surface area contributed by atoms with E-state index in [-0.39, 0.29) is 35.7 Å². The van der Waals surface area contributed by atoms with Gasteiger partial charge in [-0.1, -0.05) is 56.8 Å². The van der Waals surface area contributed by atoms with Gasteiger partial charge in [-0.15, -0.1) is 0 Å². The summed E-state index contributed by atoms with van der Waals surface area (Å²) in [7, 11) is 2.02. The van der Waals surface area contributed by atoms with E-state index >= 15 is 0 Å². The van der Waals surface area contributed by atoms with Gasteiger partial charge in [0.2, 0.25) is 17.7 Å². The fraction of sp³-hybridized carbons (Fsp3) is 0.700. The number of likely N-dealkylation sites (tertiary alicyclic amines) is 2. The first-order chi connectivity index (χ1) is 18.6. The normalized spacial score (nSPS) is 23.0. The molecule has 39 heavy (non-hydrogen) atoms. The molecule has 1 aromatic rings. The average Bonchev–Trinajstić information content (AvgIpc) is 3.41. The molecule has 4 rings (SSSR count). The Morgan fingerprint density at radius 3 is 2.28 bits per heavy atom. The van der Waals surface area contributed by atoms with Crippen molar-refractivity contribution in [2.45, 2.75) is 95.3 Å². The number of amides is 3. The van der Waals surface area contributed by atoms with Crippen molar-refractivity contribution in [1.29, 1.82) is 0 Å². The third-order valence-electron chi connectivity index (χ3n) is 8.87. The fourth-order valence-corrected chi connectivity index (χ4v) is 6.43. The zero-order chi connectivity index (χ0) is 28.2. The van der Waals surface area contributed by atoms with E-state index in [1.54, 1.807) is 12.1 Å². The Labute approximate surface area is 238 Å². The Morgan fingerprint density at radius 1 is 1.03 bits per heavy atom. The van der Waals surface area contributed by atoms with Gasteiger partial charge >= 0.3 is 0 Å². The van der Waals surface area contributed by atoms with Crippen molar-refractivity contribution in [3.63, 3.8) is 0 Å². The second-order valence-corrected chi connectivity index (χ2v) is 12.7. The molecular formula is C30H46ClN5O3. The minimum atomic E-state index is -0.986. The topological polar surface area (TPSA) is 99.0 Å². The van der Waals surface area contributed by atoms with Crippen molar-refractivity contribution in [2.75, 3.05) is 33.2 Å². The van der Waals surface area contributed by atoms with E-state index in [1.807, 2.05) is 37.9 Å². The molecule has 3 amide bonds. The minimum Gasteiger partial charge on any atom is -0.342 e. The van der Waals surface area contributed by atoms with Crippen LogP contribution in [-0.4, -0.2) is 89.3 Å². The average molecular weight is 560 g/mol. The van der Waals surface area contributed by atoms with Crippen LogP contribution >= 0.6 is 11.6 Å². The molecule has 216 valence electrons. The first-order valence-corrected chi connectivity index (χ1v) is 15.1. The molecule has 3 fully saturated rings. The molecule has 0 spiro atoms. The Kier molecular flexibility index (Phi) is 9.94. The monoisotopic (exact) mass is 559 g/mol. The Morgan fingerprint density at radius 2 is 1.67 bits per heavy atom. The number of halogens is 1. The molecule has 8 nitrogen and oxygen atoms in total. The van der Waals surface area contributed by atoms with Crippen LogP contribution in [0.3, 0.4) is 0 Å². The number of rotatable bonds is 8. The third-order valence-corrected chi connectivity index (χ3v) is 9.12. The Bertz CT molecular complexity index is 1000. The van der Waals surface area contributed by atoms with E-state index in [4.69, 9.17) is 17.3 Å². The molecule has 2 saturated heterocycles. The first-order valence-electron chi connectivity index (χ1n) is 14.7. The predicted octanol–water partition coefficient (Wildman–Crippen LogP) is 3.21. The molecule has 0 bridgehead atoms. The molecule has 2 heterocycles. The molecule has 2 atom stereocenters. The Balaban J connectivity index is 1.50. The summed E-state index contributed by atoms with van der Waals surface area (Å²) in [6.45, 7) is 6.48. The molecule has 3 N–H and O–H groups in total. The smallest absolute Gasteiger partial charge is 0.245 e. The quantitative estimate of drug-likeness (QED) is 0.509. The summed E-state index contributed by atoms with van der Waals surface area (Å²) in [6.07, 6.45) is 7.80. The lowest BCUT2D eigenvalue weighted by Crippen LogP contribution is -2.62. The van der Waals surface area contributed by atoms with Gasteiger partial charge in [0.1, 0.15) is 6.04 Å². The number of benzene rings is 1. The third kappa shape index (κ3) is 7.33. The van der Waals surface area contributed by atoms with Gasteiger partial charge in [-0.2, -0.15) is 0 Å². The number of piperidine rings is 1. The van der Waals surface area contributed by atoms with Crippen molar-refractivity contribution in [3.8, 4) is 0 Å². The highest BCUT2D eigenvalue weighted by molar-refractivity contribution is 6.30. The van der Waals surface area contributed by atoms with Crippen molar-refractivity contribution in [1.82, 2.24) is 20.0 Å². The summed E-state index contributed by atoms with van der Waals surface area (Å²) < 4.78 is 0. The lowest BCUT2D eigenvalue weighted by atomic mass is 9.87. The molecular weight excluding hydrogens is 514 g/mol. The van der Waals surface area contributed by atoms with Crippen LogP contribution in [-0.2, 0) is 20.8 Å². The summed E-state index contributed by atoms with van der Waals surface area (Å²) >= 11 is 6.09. The zero-order valence-electron chi connectivity index (χ0n) is 23.8. The van der Waals surface area contributed by atoms with Gasteiger partial charge in [0.25, 0.3) is 0 Å². The molecule has 3 aliphatic rings. The van der Waals surface area contributed by atoms with Gasteiger partial charge in [0, 0.05) is 49.6 Å². The number of nitrogens with two attached hydrogens (primary N) is 1. The van der Waals surface area contributed by atoms with Crippen LogP contribution in [0.1, 0.15) is 70.8 Å². The van der Waals surface area contributed by atoms with Crippen LogP contribution in [0, 0.1) is 5.92 Å². The molecule has 9 heteroatoms. The molecule has 1 aliphatic carbocycles. The molecule has 1 saturated carbocycles. The van der Waals surface area contributed by atoms with Crippen LogP contribution in [0.4, 0.5) is 0 Å². The second-order valence-electron chi connectivity index (χ2n) is 12.2. The van der Waals surface area contributed by atoms with E-state index < -0.39 is 11.6 Å². The maximum atomic E-state index is 14.0. The second kappa shape index (κ2) is 13.0. The highest BCUT2D eigenvalue weighted by Gasteiger charge is 2.42. The number of hydrogen-bond acceptors (Lipinski definition) is 5. The van der Waals surface area contributed by atoms with Gasteiger partial charge in [-0.3, -0.25) is 14.4 Å². The van der Waals surface area contributed by atoms with E-state index in [0.29, 0.717) is 37.4 Å². The summed E-state index contributed by atoms with van der Waals surface area (Å²) in [5.41, 5.74) is 6.49. The molecule has 0 radical (unpaired) electrons. The molecule has 2 unspecified atom stereocenters. The van der Waals surface area contributed by atoms with Gasteiger partial charge < -0.3 is 25.8 Å². The summed E-state index contributed by atoms with van der Waals surface area (Å²) in [5, 5.41) is 3.67. The van der Waals surface area contributed by atoms with Crippen LogP contribution in [0.2, 0.25) is 5.02 Å². The maximum Gasteiger partial charge on any atom is 0.245 e. The highest BCUT2D eigenvalue weighted by atomic mass is 35.5. The first kappa shape index (κ1) is 29.8. The number of carbonyl (C=O) groups is 3. The van der Waals surface area contributed by atoms with Crippen molar-refractivity contribution >= 4 is 29.3 Å². The van der Waals surface area contributed by atoms with Crippen LogP contribution < -0.4 is 11.1 Å². The van der Waals surface area contributed by atoms with Crippen molar-refractivity contribution < 1.29 is 14.4 Å². The Hall–Kier alpha value is -2.16. The van der Waals surface area contributed by atoms with Gasteiger partial charge in [-0.05, 0) is 56.8 Å². The predicted molar refractivity (Wildman–Crippen MR) is 154 cm³/mol. The van der Waals surface area contributed by atoms with Crippen molar-refractivity contribution in [2.24, 2.45) is 11.7 Å².